The molecular formula is C17H19FN6O2. The smallest absolute Gasteiger partial charge is 0.260 e. The summed E-state index contributed by atoms with van der Waals surface area (Å²) in [5.74, 6) is 0.923. The minimum absolute atomic E-state index is 0.0801. The average molecular weight is 358 g/mol. The minimum Gasteiger partial charge on any atom is -0.490 e. The summed E-state index contributed by atoms with van der Waals surface area (Å²) in [7, 11) is 0. The molecule has 0 radical (unpaired) electrons. The Balaban J connectivity index is 1.80. The van der Waals surface area contributed by atoms with E-state index in [1.54, 1.807) is 24.3 Å². The van der Waals surface area contributed by atoms with Crippen molar-refractivity contribution in [3.8, 4) is 11.5 Å². The molecule has 0 spiro atoms. The van der Waals surface area contributed by atoms with Crippen molar-refractivity contribution < 1.29 is 13.9 Å². The Hall–Kier alpha value is -3.36. The quantitative estimate of drug-likeness (QED) is 0.636. The second kappa shape index (κ2) is 8.15. The second-order valence-corrected chi connectivity index (χ2v) is 5.34. The van der Waals surface area contributed by atoms with Crippen molar-refractivity contribution in [2.75, 3.05) is 17.8 Å². The first-order valence-electron chi connectivity index (χ1n) is 8.07. The number of nitrogens with zero attached hydrogens (tertiary/aromatic N) is 4. The summed E-state index contributed by atoms with van der Waals surface area (Å²) in [6, 6.07) is 12.0. The van der Waals surface area contributed by atoms with Gasteiger partial charge in [0.25, 0.3) is 5.95 Å². The molecule has 0 aliphatic heterocycles. The average Bonchev–Trinajstić information content (AvgIpc) is 3.05. The van der Waals surface area contributed by atoms with Crippen LogP contribution in [0, 0.1) is 5.82 Å². The first-order chi connectivity index (χ1) is 12.7. The first-order valence-corrected chi connectivity index (χ1v) is 8.07. The van der Waals surface area contributed by atoms with E-state index in [1.165, 1.54) is 10.9 Å². The topological polar surface area (TPSA) is 100 Å². The Morgan fingerprint density at radius 3 is 2.65 bits per heavy atom. The highest BCUT2D eigenvalue weighted by Crippen LogP contribution is 2.32. The third-order valence-corrected chi connectivity index (χ3v) is 3.60. The van der Waals surface area contributed by atoms with Crippen LogP contribution in [0.3, 0.4) is 0 Å². The van der Waals surface area contributed by atoms with Gasteiger partial charge in [0.05, 0.1) is 13.2 Å². The van der Waals surface area contributed by atoms with Crippen LogP contribution in [0.15, 0.2) is 42.5 Å². The molecule has 0 saturated carbocycles. The van der Waals surface area contributed by atoms with Gasteiger partial charge in [-0.3, -0.25) is 0 Å². The molecule has 26 heavy (non-hydrogen) atoms. The van der Waals surface area contributed by atoms with E-state index in [0.29, 0.717) is 30.2 Å². The van der Waals surface area contributed by atoms with Crippen molar-refractivity contribution in [2.24, 2.45) is 0 Å². The van der Waals surface area contributed by atoms with Crippen LogP contribution >= 0.6 is 0 Å². The van der Waals surface area contributed by atoms with Crippen molar-refractivity contribution in [3.63, 3.8) is 0 Å². The number of tetrazole rings is 1. The van der Waals surface area contributed by atoms with E-state index >= 15 is 0 Å². The number of anilines is 1. The van der Waals surface area contributed by atoms with Crippen LogP contribution in [0.1, 0.15) is 18.1 Å². The molecule has 0 atom stereocenters. The number of para-hydroxylation sites is 1. The Morgan fingerprint density at radius 2 is 1.92 bits per heavy atom. The number of hydrogen-bond acceptors (Lipinski definition) is 7. The molecule has 2 aromatic carbocycles. The zero-order chi connectivity index (χ0) is 18.4. The van der Waals surface area contributed by atoms with E-state index in [0.717, 1.165) is 5.56 Å². The zero-order valence-electron chi connectivity index (χ0n) is 14.2. The molecule has 136 valence electrons. The van der Waals surface area contributed by atoms with E-state index in [9.17, 15) is 4.39 Å². The molecule has 3 aromatic rings. The fourth-order valence-corrected chi connectivity index (χ4v) is 2.37. The lowest BCUT2D eigenvalue weighted by Gasteiger charge is -2.17. The maximum absolute atomic E-state index is 13.9. The predicted octanol–water partition coefficient (Wildman–Crippen LogP) is 2.12. The van der Waals surface area contributed by atoms with Crippen molar-refractivity contribution >= 4 is 5.95 Å². The van der Waals surface area contributed by atoms with Crippen LogP contribution in [0.5, 0.6) is 11.5 Å². The lowest BCUT2D eigenvalue weighted by atomic mass is 10.1. The van der Waals surface area contributed by atoms with Gasteiger partial charge in [0.2, 0.25) is 0 Å². The van der Waals surface area contributed by atoms with Gasteiger partial charge < -0.3 is 20.6 Å². The maximum atomic E-state index is 13.9. The number of ether oxygens (including phenoxy) is 2. The predicted molar refractivity (Wildman–Crippen MR) is 93.6 cm³/mol. The summed E-state index contributed by atoms with van der Waals surface area (Å²) < 4.78 is 25.4. The monoisotopic (exact) mass is 358 g/mol. The molecule has 3 N–H and O–H groups in total. The van der Waals surface area contributed by atoms with E-state index < -0.39 is 0 Å². The summed E-state index contributed by atoms with van der Waals surface area (Å²) in [4.78, 5) is 1.26. The summed E-state index contributed by atoms with van der Waals surface area (Å²) in [5, 5.41) is 10.8. The van der Waals surface area contributed by atoms with Gasteiger partial charge in [-0.25, -0.2) is 4.39 Å². The van der Waals surface area contributed by atoms with Crippen LogP contribution < -0.4 is 20.6 Å². The summed E-state index contributed by atoms with van der Waals surface area (Å²) in [6.07, 6.45) is 0. The van der Waals surface area contributed by atoms with E-state index in [-0.39, 0.29) is 18.4 Å². The fraction of sp³-hybridized carbons (Fsp3) is 0.235. The van der Waals surface area contributed by atoms with E-state index in [4.69, 9.17) is 15.2 Å². The highest BCUT2D eigenvalue weighted by atomic mass is 19.1. The number of nitrogen functional groups attached to an aromatic ring is 1. The van der Waals surface area contributed by atoms with Crippen LogP contribution in [-0.4, -0.2) is 26.9 Å². The van der Waals surface area contributed by atoms with Gasteiger partial charge in [0.1, 0.15) is 12.4 Å². The van der Waals surface area contributed by atoms with E-state index in [1.807, 2.05) is 19.1 Å². The SMILES string of the molecule is CCOc1cccc(CNn2nnnc2N)c1OCc1ccccc1F. The second-order valence-electron chi connectivity index (χ2n) is 5.34. The number of nitrogens with one attached hydrogen (secondary N) is 1. The van der Waals surface area contributed by atoms with Gasteiger partial charge in [-0.2, -0.15) is 0 Å². The van der Waals surface area contributed by atoms with Crippen molar-refractivity contribution in [1.82, 2.24) is 20.3 Å². The Bertz CT molecular complexity index is 870. The molecule has 8 nitrogen and oxygen atoms in total. The molecule has 1 heterocycles. The summed E-state index contributed by atoms with van der Waals surface area (Å²) in [6.45, 7) is 2.78. The van der Waals surface area contributed by atoms with Crippen molar-refractivity contribution in [3.05, 3.63) is 59.4 Å². The van der Waals surface area contributed by atoms with Gasteiger partial charge in [-0.05, 0) is 29.5 Å². The first kappa shape index (κ1) is 17.5. The number of benzene rings is 2. The Kier molecular flexibility index (Phi) is 5.47. The number of aromatic nitrogens is 4. The molecule has 0 saturated heterocycles. The molecule has 1 aromatic heterocycles. The number of halogens is 1. The van der Waals surface area contributed by atoms with Crippen molar-refractivity contribution in [2.45, 2.75) is 20.1 Å². The third-order valence-electron chi connectivity index (χ3n) is 3.60. The molecule has 0 aliphatic rings. The van der Waals surface area contributed by atoms with Gasteiger partial charge in [0, 0.05) is 11.1 Å². The van der Waals surface area contributed by atoms with E-state index in [2.05, 4.69) is 21.0 Å². The normalized spacial score (nSPS) is 10.5. The minimum atomic E-state index is -0.317. The molecule has 9 heteroatoms. The van der Waals surface area contributed by atoms with Crippen LogP contribution in [0.2, 0.25) is 0 Å². The Morgan fingerprint density at radius 1 is 1.12 bits per heavy atom. The van der Waals surface area contributed by atoms with Gasteiger partial charge in [0.15, 0.2) is 11.5 Å². The lowest BCUT2D eigenvalue weighted by Crippen LogP contribution is -2.19. The molecule has 0 aliphatic carbocycles. The number of hydrogen-bond donors (Lipinski definition) is 2. The third kappa shape index (κ3) is 4.00. The standard InChI is InChI=1S/C17H19FN6O2/c1-2-25-15-9-5-7-12(10-20-24-17(19)21-22-23-24)16(15)26-11-13-6-3-4-8-14(13)18/h3-9,20H,2,10-11H2,1H3,(H2,19,21,23). The molecule has 0 bridgehead atoms. The van der Waals surface area contributed by atoms with Crippen LogP contribution in [-0.2, 0) is 13.2 Å². The summed E-state index contributed by atoms with van der Waals surface area (Å²) in [5.41, 5.74) is 9.87. The van der Waals surface area contributed by atoms with Crippen LogP contribution in [0.4, 0.5) is 10.3 Å². The van der Waals surface area contributed by atoms with Gasteiger partial charge in [-0.15, -0.1) is 4.79 Å². The molecular weight excluding hydrogens is 339 g/mol. The Labute approximate surface area is 149 Å². The zero-order valence-corrected chi connectivity index (χ0v) is 14.2. The number of nitrogens with two attached hydrogens (primary N) is 1. The molecule has 0 amide bonds. The van der Waals surface area contributed by atoms with Crippen LogP contribution in [0.25, 0.3) is 0 Å². The fourth-order valence-electron chi connectivity index (χ4n) is 2.37. The summed E-state index contributed by atoms with van der Waals surface area (Å²) >= 11 is 0. The maximum Gasteiger partial charge on any atom is 0.260 e. The van der Waals surface area contributed by atoms with Gasteiger partial charge >= 0.3 is 0 Å². The number of rotatable bonds is 8. The molecule has 0 fully saturated rings. The lowest BCUT2D eigenvalue weighted by molar-refractivity contribution is 0.263. The highest BCUT2D eigenvalue weighted by Gasteiger charge is 2.13. The highest BCUT2D eigenvalue weighted by molar-refractivity contribution is 5.47. The van der Waals surface area contributed by atoms with Gasteiger partial charge in [-0.1, -0.05) is 35.4 Å². The molecule has 0 unspecified atom stereocenters. The largest absolute Gasteiger partial charge is 0.490 e. The molecule has 3 rings (SSSR count). The van der Waals surface area contributed by atoms with Crippen molar-refractivity contribution in [1.29, 1.82) is 0 Å².